The van der Waals surface area contributed by atoms with Gasteiger partial charge in [-0.05, 0) is 61.1 Å². The maximum absolute atomic E-state index is 13.1. The molecule has 154 valence electrons. The summed E-state index contributed by atoms with van der Waals surface area (Å²) in [6.07, 6.45) is 2.11. The van der Waals surface area contributed by atoms with Crippen LogP contribution in [0.1, 0.15) is 52.4 Å². The van der Waals surface area contributed by atoms with E-state index >= 15 is 0 Å². The highest BCUT2D eigenvalue weighted by Crippen LogP contribution is 2.35. The first-order valence-electron chi connectivity index (χ1n) is 10.4. The van der Waals surface area contributed by atoms with Crippen molar-refractivity contribution in [2.24, 2.45) is 0 Å². The van der Waals surface area contributed by atoms with E-state index in [1.807, 2.05) is 42.5 Å². The smallest absolute Gasteiger partial charge is 0.254 e. The predicted octanol–water partition coefficient (Wildman–Crippen LogP) is 4.78. The molecule has 0 bridgehead atoms. The minimum Gasteiger partial charge on any atom is -0.508 e. The van der Waals surface area contributed by atoms with Crippen molar-refractivity contribution in [1.29, 1.82) is 0 Å². The van der Waals surface area contributed by atoms with Crippen molar-refractivity contribution >= 4 is 5.91 Å². The van der Waals surface area contributed by atoms with E-state index in [1.165, 1.54) is 11.6 Å². The molecule has 1 unspecified atom stereocenters. The summed E-state index contributed by atoms with van der Waals surface area (Å²) in [5.74, 6) is -0.0755. The highest BCUT2D eigenvalue weighted by Gasteiger charge is 2.29. The molecule has 30 heavy (non-hydrogen) atoms. The van der Waals surface area contributed by atoms with Gasteiger partial charge in [-0.1, -0.05) is 54.6 Å². The lowest BCUT2D eigenvalue weighted by Crippen LogP contribution is -2.27. The molecule has 1 aliphatic heterocycles. The minimum absolute atomic E-state index is 0.0148. The Bertz CT molecular complexity index is 1020. The Kier molecular flexibility index (Phi) is 5.60. The lowest BCUT2D eigenvalue weighted by atomic mass is 9.88. The molecule has 1 heterocycles. The van der Waals surface area contributed by atoms with Crippen LogP contribution in [0, 0.1) is 0 Å². The van der Waals surface area contributed by atoms with Crippen molar-refractivity contribution in [1.82, 2.24) is 4.90 Å². The largest absolute Gasteiger partial charge is 0.508 e. The third kappa shape index (κ3) is 4.24. The van der Waals surface area contributed by atoms with Crippen LogP contribution in [0.4, 0.5) is 0 Å². The van der Waals surface area contributed by atoms with Crippen LogP contribution in [-0.4, -0.2) is 21.0 Å². The SMILES string of the molecule is CC(O)(CCCc1ccccc1)c1cc(C(=O)N2Cc3ccccc3C2)ccc1O. The molecular weight excluding hydrogens is 374 g/mol. The van der Waals surface area contributed by atoms with Gasteiger partial charge in [0.1, 0.15) is 5.75 Å². The molecule has 0 fully saturated rings. The minimum atomic E-state index is -1.22. The molecule has 0 radical (unpaired) electrons. The van der Waals surface area contributed by atoms with Crippen molar-refractivity contribution in [2.75, 3.05) is 0 Å². The molecule has 4 heteroatoms. The molecule has 0 saturated heterocycles. The Balaban J connectivity index is 1.47. The molecule has 1 aliphatic rings. The van der Waals surface area contributed by atoms with E-state index < -0.39 is 5.60 Å². The number of nitrogens with zero attached hydrogens (tertiary/aromatic N) is 1. The van der Waals surface area contributed by atoms with Crippen molar-refractivity contribution in [2.45, 2.75) is 44.9 Å². The summed E-state index contributed by atoms with van der Waals surface area (Å²) < 4.78 is 0. The average molecular weight is 402 g/mol. The van der Waals surface area contributed by atoms with E-state index in [1.54, 1.807) is 24.0 Å². The summed E-state index contributed by atoms with van der Waals surface area (Å²) in [6.45, 7) is 2.87. The summed E-state index contributed by atoms with van der Waals surface area (Å²) in [5.41, 5.74) is 3.21. The van der Waals surface area contributed by atoms with E-state index in [9.17, 15) is 15.0 Å². The average Bonchev–Trinajstić information content (AvgIpc) is 3.18. The number of hydrogen-bond donors (Lipinski definition) is 2. The first-order chi connectivity index (χ1) is 14.4. The van der Waals surface area contributed by atoms with Crippen molar-refractivity contribution in [3.63, 3.8) is 0 Å². The van der Waals surface area contributed by atoms with E-state index in [0.29, 0.717) is 30.6 Å². The summed E-state index contributed by atoms with van der Waals surface area (Å²) in [6, 6.07) is 23.0. The normalized spacial score (nSPS) is 14.9. The third-order valence-corrected chi connectivity index (χ3v) is 5.92. The van der Waals surface area contributed by atoms with Gasteiger partial charge >= 0.3 is 0 Å². The molecule has 3 aromatic carbocycles. The van der Waals surface area contributed by atoms with Gasteiger partial charge in [0.15, 0.2) is 0 Å². The van der Waals surface area contributed by atoms with Gasteiger partial charge in [-0.15, -0.1) is 0 Å². The number of aliphatic hydroxyl groups is 1. The number of carbonyl (C=O) groups excluding carboxylic acids is 1. The van der Waals surface area contributed by atoms with Crippen LogP contribution in [-0.2, 0) is 25.1 Å². The Hall–Kier alpha value is -3.11. The van der Waals surface area contributed by atoms with Gasteiger partial charge in [-0.3, -0.25) is 4.79 Å². The van der Waals surface area contributed by atoms with Crippen LogP contribution in [0.15, 0.2) is 72.8 Å². The molecule has 4 rings (SSSR count). The quantitative estimate of drug-likeness (QED) is 0.625. The second kappa shape index (κ2) is 8.33. The maximum atomic E-state index is 13.1. The molecule has 1 atom stereocenters. The van der Waals surface area contributed by atoms with Gasteiger partial charge in [0.2, 0.25) is 0 Å². The fourth-order valence-electron chi connectivity index (χ4n) is 4.18. The number of aromatic hydroxyl groups is 1. The second-order valence-electron chi connectivity index (χ2n) is 8.27. The third-order valence-electron chi connectivity index (χ3n) is 5.92. The molecule has 4 nitrogen and oxygen atoms in total. The zero-order valence-electron chi connectivity index (χ0n) is 17.2. The summed E-state index contributed by atoms with van der Waals surface area (Å²) in [5, 5.41) is 21.5. The van der Waals surface area contributed by atoms with Crippen LogP contribution in [0.25, 0.3) is 0 Å². The number of aryl methyl sites for hydroxylation is 1. The Morgan fingerprint density at radius 2 is 1.60 bits per heavy atom. The zero-order chi connectivity index (χ0) is 21.1. The molecule has 0 saturated carbocycles. The molecule has 2 N–H and O–H groups in total. The van der Waals surface area contributed by atoms with Gasteiger partial charge in [0, 0.05) is 24.2 Å². The monoisotopic (exact) mass is 401 g/mol. The van der Waals surface area contributed by atoms with Gasteiger partial charge in [0.25, 0.3) is 5.91 Å². The lowest BCUT2D eigenvalue weighted by molar-refractivity contribution is 0.0432. The second-order valence-corrected chi connectivity index (χ2v) is 8.27. The first kappa shape index (κ1) is 20.2. The summed E-state index contributed by atoms with van der Waals surface area (Å²) in [7, 11) is 0. The van der Waals surface area contributed by atoms with Crippen molar-refractivity contribution in [3.8, 4) is 5.75 Å². The number of benzene rings is 3. The highest BCUT2D eigenvalue weighted by atomic mass is 16.3. The van der Waals surface area contributed by atoms with E-state index in [2.05, 4.69) is 12.1 Å². The van der Waals surface area contributed by atoms with Gasteiger partial charge in [-0.25, -0.2) is 0 Å². The maximum Gasteiger partial charge on any atom is 0.254 e. The standard InChI is InChI=1S/C26H27NO3/c1-26(30,15-7-10-19-8-3-2-4-9-19)23-16-20(13-14-24(23)28)25(29)27-17-21-11-5-6-12-22(21)18-27/h2-6,8-9,11-14,16,28,30H,7,10,15,17-18H2,1H3. The summed E-state index contributed by atoms with van der Waals surface area (Å²) >= 11 is 0. The Morgan fingerprint density at radius 3 is 2.27 bits per heavy atom. The Labute approximate surface area is 177 Å². The van der Waals surface area contributed by atoms with Crippen LogP contribution < -0.4 is 0 Å². The van der Waals surface area contributed by atoms with Gasteiger partial charge in [-0.2, -0.15) is 0 Å². The summed E-state index contributed by atoms with van der Waals surface area (Å²) in [4.78, 5) is 14.9. The van der Waals surface area contributed by atoms with Crippen molar-refractivity contribution in [3.05, 3.63) is 101 Å². The van der Waals surface area contributed by atoms with Crippen LogP contribution in [0.5, 0.6) is 5.75 Å². The fourth-order valence-corrected chi connectivity index (χ4v) is 4.18. The Morgan fingerprint density at radius 1 is 0.967 bits per heavy atom. The van der Waals surface area contributed by atoms with Crippen molar-refractivity contribution < 1.29 is 15.0 Å². The van der Waals surface area contributed by atoms with Gasteiger partial charge < -0.3 is 15.1 Å². The van der Waals surface area contributed by atoms with E-state index in [4.69, 9.17) is 0 Å². The highest BCUT2D eigenvalue weighted by molar-refractivity contribution is 5.95. The molecule has 0 aromatic heterocycles. The number of amides is 1. The molecule has 0 aliphatic carbocycles. The first-order valence-corrected chi connectivity index (χ1v) is 10.4. The topological polar surface area (TPSA) is 60.8 Å². The predicted molar refractivity (Wildman–Crippen MR) is 117 cm³/mol. The number of fused-ring (bicyclic) bond motifs is 1. The zero-order valence-corrected chi connectivity index (χ0v) is 17.2. The van der Waals surface area contributed by atoms with Crippen LogP contribution in [0.3, 0.4) is 0 Å². The number of hydrogen-bond acceptors (Lipinski definition) is 3. The molecule has 3 aromatic rings. The molecular formula is C26H27NO3. The van der Waals surface area contributed by atoms with Crippen LogP contribution >= 0.6 is 0 Å². The molecule has 1 amide bonds. The number of phenolic OH excluding ortho intramolecular Hbond substituents is 1. The van der Waals surface area contributed by atoms with E-state index in [0.717, 1.165) is 24.0 Å². The van der Waals surface area contributed by atoms with Crippen LogP contribution in [0.2, 0.25) is 0 Å². The lowest BCUT2D eigenvalue weighted by Gasteiger charge is -2.26. The fraction of sp³-hybridized carbons (Fsp3) is 0.269. The number of carbonyl (C=O) groups is 1. The van der Waals surface area contributed by atoms with Gasteiger partial charge in [0.05, 0.1) is 5.60 Å². The van der Waals surface area contributed by atoms with E-state index in [-0.39, 0.29) is 11.7 Å². The molecule has 0 spiro atoms. The number of phenols is 1. The number of rotatable bonds is 6.